The summed E-state index contributed by atoms with van der Waals surface area (Å²) in [5.41, 5.74) is 0.668. The molecule has 0 fully saturated rings. The molecule has 0 bridgehead atoms. The van der Waals surface area contributed by atoms with Crippen LogP contribution in [0.1, 0.15) is 6.42 Å². The molecule has 0 spiro atoms. The normalized spacial score (nSPS) is 9.69. The van der Waals surface area contributed by atoms with Gasteiger partial charge in [-0.15, -0.1) is 6.58 Å². The fourth-order valence-corrected chi connectivity index (χ4v) is 1.21. The van der Waals surface area contributed by atoms with Crippen LogP contribution in [-0.2, 0) is 0 Å². The van der Waals surface area contributed by atoms with E-state index in [-0.39, 0.29) is 5.82 Å². The molecule has 2 nitrogen and oxygen atoms in total. The number of rotatable bonds is 4. The van der Waals surface area contributed by atoms with Crippen molar-refractivity contribution in [2.75, 3.05) is 11.9 Å². The van der Waals surface area contributed by atoms with Gasteiger partial charge in [0.15, 0.2) is 0 Å². The van der Waals surface area contributed by atoms with E-state index in [2.05, 4.69) is 32.8 Å². The van der Waals surface area contributed by atoms with Crippen LogP contribution in [0.5, 0.6) is 0 Å². The van der Waals surface area contributed by atoms with Crippen LogP contribution in [0, 0.1) is 5.82 Å². The molecule has 13 heavy (non-hydrogen) atoms. The summed E-state index contributed by atoms with van der Waals surface area (Å²) in [5.74, 6) is -0.343. The molecule has 0 aliphatic rings. The van der Waals surface area contributed by atoms with Gasteiger partial charge in [0.05, 0.1) is 11.9 Å². The molecule has 1 aromatic heterocycles. The molecular formula is C9H10BrFN2. The highest BCUT2D eigenvalue weighted by atomic mass is 79.9. The first kappa shape index (κ1) is 10.2. The third kappa shape index (κ3) is 3.14. The van der Waals surface area contributed by atoms with E-state index in [0.29, 0.717) is 10.3 Å². The summed E-state index contributed by atoms with van der Waals surface area (Å²) >= 11 is 3.22. The van der Waals surface area contributed by atoms with Crippen LogP contribution in [0.25, 0.3) is 0 Å². The quantitative estimate of drug-likeness (QED) is 0.501. The highest BCUT2D eigenvalue weighted by Crippen LogP contribution is 2.19. The molecule has 0 atom stereocenters. The second-order valence-electron chi connectivity index (χ2n) is 2.50. The first-order chi connectivity index (χ1) is 6.24. The lowest BCUT2D eigenvalue weighted by molar-refractivity contribution is 0.621. The van der Waals surface area contributed by atoms with Crippen LogP contribution in [0.4, 0.5) is 10.1 Å². The number of pyridine rings is 1. The van der Waals surface area contributed by atoms with Gasteiger partial charge >= 0.3 is 0 Å². The lowest BCUT2D eigenvalue weighted by Gasteiger charge is -2.05. The Morgan fingerprint density at radius 1 is 1.69 bits per heavy atom. The van der Waals surface area contributed by atoms with E-state index < -0.39 is 0 Å². The van der Waals surface area contributed by atoms with E-state index in [1.54, 1.807) is 6.08 Å². The second kappa shape index (κ2) is 4.97. The lowest BCUT2D eigenvalue weighted by Crippen LogP contribution is -2.01. The van der Waals surface area contributed by atoms with Gasteiger partial charge < -0.3 is 5.32 Å². The summed E-state index contributed by atoms with van der Waals surface area (Å²) in [6.45, 7) is 4.32. The summed E-state index contributed by atoms with van der Waals surface area (Å²) in [5, 5.41) is 3.03. The van der Waals surface area contributed by atoms with Gasteiger partial charge in [-0.2, -0.15) is 0 Å². The van der Waals surface area contributed by atoms with Crippen molar-refractivity contribution in [2.45, 2.75) is 6.42 Å². The minimum absolute atomic E-state index is 0.343. The summed E-state index contributed by atoms with van der Waals surface area (Å²) < 4.78 is 13.3. The van der Waals surface area contributed by atoms with Crippen molar-refractivity contribution < 1.29 is 4.39 Å². The van der Waals surface area contributed by atoms with Gasteiger partial charge in [0.1, 0.15) is 10.4 Å². The standard InChI is InChI=1S/C9H10BrFN2/c1-2-3-4-12-8-5-7(11)6-13-9(8)10/h2,5-6,12H,1,3-4H2. The highest BCUT2D eigenvalue weighted by molar-refractivity contribution is 9.10. The van der Waals surface area contributed by atoms with Crippen LogP contribution < -0.4 is 5.32 Å². The van der Waals surface area contributed by atoms with Gasteiger partial charge in [-0.05, 0) is 22.4 Å². The Kier molecular flexibility index (Phi) is 3.89. The van der Waals surface area contributed by atoms with Crippen molar-refractivity contribution in [1.29, 1.82) is 0 Å². The monoisotopic (exact) mass is 244 g/mol. The number of anilines is 1. The molecular weight excluding hydrogens is 235 g/mol. The number of aromatic nitrogens is 1. The average Bonchev–Trinajstić information content (AvgIpc) is 2.11. The van der Waals surface area contributed by atoms with Crippen molar-refractivity contribution >= 4 is 21.6 Å². The van der Waals surface area contributed by atoms with Gasteiger partial charge in [0.2, 0.25) is 0 Å². The third-order valence-corrected chi connectivity index (χ3v) is 2.10. The van der Waals surface area contributed by atoms with Gasteiger partial charge in [-0.25, -0.2) is 9.37 Å². The summed E-state index contributed by atoms with van der Waals surface area (Å²) in [6, 6.07) is 1.40. The van der Waals surface area contributed by atoms with E-state index in [0.717, 1.165) is 13.0 Å². The van der Waals surface area contributed by atoms with E-state index >= 15 is 0 Å². The van der Waals surface area contributed by atoms with E-state index in [1.165, 1.54) is 12.3 Å². The maximum absolute atomic E-state index is 12.7. The number of nitrogens with zero attached hydrogens (tertiary/aromatic N) is 1. The molecule has 0 unspecified atom stereocenters. The molecule has 0 aliphatic heterocycles. The molecule has 0 saturated carbocycles. The van der Waals surface area contributed by atoms with Crippen molar-refractivity contribution in [1.82, 2.24) is 4.98 Å². The maximum Gasteiger partial charge on any atom is 0.143 e. The Hall–Kier alpha value is -0.900. The highest BCUT2D eigenvalue weighted by Gasteiger charge is 2.00. The van der Waals surface area contributed by atoms with E-state index in [1.807, 2.05) is 0 Å². The van der Waals surface area contributed by atoms with Crippen molar-refractivity contribution in [3.8, 4) is 0 Å². The molecule has 0 aliphatic carbocycles. The second-order valence-corrected chi connectivity index (χ2v) is 3.25. The van der Waals surface area contributed by atoms with Crippen LogP contribution >= 0.6 is 15.9 Å². The average molecular weight is 245 g/mol. The fraction of sp³-hybridized carbons (Fsp3) is 0.222. The fourth-order valence-electron chi connectivity index (χ4n) is 0.855. The molecule has 0 radical (unpaired) electrons. The first-order valence-electron chi connectivity index (χ1n) is 3.90. The Morgan fingerprint density at radius 2 is 2.46 bits per heavy atom. The van der Waals surface area contributed by atoms with Crippen LogP contribution in [0.3, 0.4) is 0 Å². The minimum Gasteiger partial charge on any atom is -0.382 e. The topological polar surface area (TPSA) is 24.9 Å². The number of hydrogen-bond acceptors (Lipinski definition) is 2. The van der Waals surface area contributed by atoms with Gasteiger partial charge in [0, 0.05) is 12.6 Å². The SMILES string of the molecule is C=CCCNc1cc(F)cnc1Br. The Bertz CT molecular complexity index is 302. The zero-order valence-electron chi connectivity index (χ0n) is 7.06. The van der Waals surface area contributed by atoms with Crippen molar-refractivity contribution in [3.63, 3.8) is 0 Å². The summed E-state index contributed by atoms with van der Waals surface area (Å²) in [7, 11) is 0. The van der Waals surface area contributed by atoms with Gasteiger partial charge in [-0.1, -0.05) is 6.08 Å². The predicted molar refractivity (Wildman–Crippen MR) is 55.2 cm³/mol. The minimum atomic E-state index is -0.343. The smallest absolute Gasteiger partial charge is 0.143 e. The van der Waals surface area contributed by atoms with Gasteiger partial charge in [0.25, 0.3) is 0 Å². The third-order valence-electron chi connectivity index (χ3n) is 1.47. The number of hydrogen-bond donors (Lipinski definition) is 1. The molecule has 0 amide bonds. The molecule has 1 N–H and O–H groups in total. The molecule has 70 valence electrons. The molecule has 1 aromatic rings. The largest absolute Gasteiger partial charge is 0.382 e. The molecule has 0 saturated heterocycles. The number of halogens is 2. The van der Waals surface area contributed by atoms with Crippen LogP contribution in [-0.4, -0.2) is 11.5 Å². The van der Waals surface area contributed by atoms with Crippen LogP contribution in [0.15, 0.2) is 29.5 Å². The van der Waals surface area contributed by atoms with E-state index in [9.17, 15) is 4.39 Å². The van der Waals surface area contributed by atoms with E-state index in [4.69, 9.17) is 0 Å². The van der Waals surface area contributed by atoms with Crippen molar-refractivity contribution in [2.24, 2.45) is 0 Å². The lowest BCUT2D eigenvalue weighted by atomic mass is 10.3. The summed E-state index contributed by atoms with van der Waals surface area (Å²) in [4.78, 5) is 3.81. The Labute approximate surface area is 85.0 Å². The Morgan fingerprint density at radius 3 is 3.15 bits per heavy atom. The number of nitrogens with one attached hydrogen (secondary N) is 1. The molecule has 0 aromatic carbocycles. The molecule has 1 rings (SSSR count). The first-order valence-corrected chi connectivity index (χ1v) is 4.69. The van der Waals surface area contributed by atoms with Gasteiger partial charge in [-0.3, -0.25) is 0 Å². The molecule has 1 heterocycles. The Balaban J connectivity index is 2.64. The van der Waals surface area contributed by atoms with Crippen molar-refractivity contribution in [3.05, 3.63) is 35.3 Å². The van der Waals surface area contributed by atoms with Crippen LogP contribution in [0.2, 0.25) is 0 Å². The predicted octanol–water partition coefficient (Wildman–Crippen LogP) is 2.97. The zero-order chi connectivity index (χ0) is 9.68. The maximum atomic E-state index is 12.7. The summed E-state index contributed by atoms with van der Waals surface area (Å²) in [6.07, 6.45) is 3.80. The molecule has 4 heteroatoms. The zero-order valence-corrected chi connectivity index (χ0v) is 8.64.